The average Bonchev–Trinajstić information content (AvgIpc) is 2.75. The van der Waals surface area contributed by atoms with Crippen LogP contribution in [-0.4, -0.2) is 27.8 Å². The van der Waals surface area contributed by atoms with Crippen LogP contribution in [0.4, 0.5) is 10.2 Å². The van der Waals surface area contributed by atoms with Gasteiger partial charge in [0.25, 0.3) is 5.91 Å². The van der Waals surface area contributed by atoms with Gasteiger partial charge in [-0.05, 0) is 60.9 Å². The molecule has 0 saturated heterocycles. The molecule has 3 aromatic rings. The first kappa shape index (κ1) is 22.7. The maximum atomic E-state index is 13.0. The molecule has 3 rings (SSSR count). The molecule has 0 fully saturated rings. The third kappa shape index (κ3) is 6.00. The number of carbonyl (C=O) groups is 2. The van der Waals surface area contributed by atoms with Crippen molar-refractivity contribution in [3.8, 4) is 22.9 Å². The molecule has 5 N–H and O–H groups in total. The van der Waals surface area contributed by atoms with Gasteiger partial charge in [0.15, 0.2) is 5.82 Å². The summed E-state index contributed by atoms with van der Waals surface area (Å²) in [6, 6.07) is 13.2. The molecule has 0 radical (unpaired) electrons. The van der Waals surface area contributed by atoms with E-state index in [-0.39, 0.29) is 29.1 Å². The highest BCUT2D eigenvalue weighted by Gasteiger charge is 2.19. The number of nitrogens with two attached hydrogens (primary N) is 2. The van der Waals surface area contributed by atoms with E-state index in [0.717, 1.165) is 0 Å². The Morgan fingerprint density at radius 2 is 1.59 bits per heavy atom. The molecule has 1 heterocycles. The van der Waals surface area contributed by atoms with E-state index in [4.69, 9.17) is 16.2 Å². The van der Waals surface area contributed by atoms with Crippen molar-refractivity contribution in [2.75, 3.05) is 5.32 Å². The summed E-state index contributed by atoms with van der Waals surface area (Å²) in [5.41, 5.74) is 11.5. The summed E-state index contributed by atoms with van der Waals surface area (Å²) in [7, 11) is 0. The second-order valence-electron chi connectivity index (χ2n) is 7.64. The van der Waals surface area contributed by atoms with Gasteiger partial charge in [-0.2, -0.15) is 0 Å². The Morgan fingerprint density at radius 3 is 2.12 bits per heavy atom. The van der Waals surface area contributed by atoms with Gasteiger partial charge < -0.3 is 21.5 Å². The van der Waals surface area contributed by atoms with Crippen molar-refractivity contribution in [1.82, 2.24) is 9.97 Å². The summed E-state index contributed by atoms with van der Waals surface area (Å²) >= 11 is 0. The molecule has 0 aliphatic carbocycles. The van der Waals surface area contributed by atoms with Crippen LogP contribution in [0, 0.1) is 11.7 Å². The number of amides is 2. The predicted molar refractivity (Wildman–Crippen MR) is 119 cm³/mol. The number of nitrogens with one attached hydrogen (secondary N) is 1. The summed E-state index contributed by atoms with van der Waals surface area (Å²) in [5, 5.41) is 2.98. The number of anilines is 1. The molecule has 1 atom stereocenters. The molecule has 8 nitrogen and oxygen atoms in total. The fraction of sp³-hybridized carbons (Fsp3) is 0.217. The summed E-state index contributed by atoms with van der Waals surface area (Å²) in [5.74, 6) is 0.121. The van der Waals surface area contributed by atoms with E-state index in [9.17, 15) is 14.0 Å². The number of hydrogen-bond acceptors (Lipinski definition) is 6. The van der Waals surface area contributed by atoms with Crippen LogP contribution in [0.1, 0.15) is 30.8 Å². The van der Waals surface area contributed by atoms with Crippen LogP contribution < -0.4 is 21.5 Å². The van der Waals surface area contributed by atoms with Crippen molar-refractivity contribution < 1.29 is 18.7 Å². The van der Waals surface area contributed by atoms with Crippen LogP contribution in [0.25, 0.3) is 11.4 Å². The Hall–Kier alpha value is -4.01. The second-order valence-corrected chi connectivity index (χ2v) is 7.64. The fourth-order valence-electron chi connectivity index (χ4n) is 2.98. The number of hydrogen-bond donors (Lipinski definition) is 3. The molecule has 0 saturated carbocycles. The number of nitrogens with zero attached hydrogens (tertiary/aromatic N) is 2. The molecule has 1 aromatic heterocycles. The second kappa shape index (κ2) is 9.86. The highest BCUT2D eigenvalue weighted by molar-refractivity contribution is 5.92. The van der Waals surface area contributed by atoms with Crippen molar-refractivity contribution in [1.29, 1.82) is 0 Å². The van der Waals surface area contributed by atoms with Crippen LogP contribution in [0.3, 0.4) is 0 Å². The molecule has 0 spiro atoms. The smallest absolute Gasteiger partial charge is 0.267 e. The number of primary amides is 2. The molecule has 2 aromatic carbocycles. The zero-order chi connectivity index (χ0) is 23.3. The van der Waals surface area contributed by atoms with Crippen LogP contribution >= 0.6 is 0 Å². The van der Waals surface area contributed by atoms with Crippen LogP contribution in [0.2, 0.25) is 0 Å². The van der Waals surface area contributed by atoms with Crippen molar-refractivity contribution in [3.63, 3.8) is 0 Å². The Bertz CT molecular complexity index is 1100. The lowest BCUT2D eigenvalue weighted by Gasteiger charge is -2.18. The average molecular weight is 437 g/mol. The maximum Gasteiger partial charge on any atom is 0.267 e. The number of carbonyl (C=O) groups excluding carboxylic acids is 2. The first-order valence-corrected chi connectivity index (χ1v) is 10.00. The Labute approximate surface area is 184 Å². The van der Waals surface area contributed by atoms with Crippen molar-refractivity contribution in [3.05, 3.63) is 66.1 Å². The molecule has 9 heteroatoms. The first-order chi connectivity index (χ1) is 15.2. The normalized spacial score (nSPS) is 11.8. The number of halogens is 1. The van der Waals surface area contributed by atoms with Crippen LogP contribution in [0.15, 0.2) is 54.6 Å². The van der Waals surface area contributed by atoms with Gasteiger partial charge in [0.05, 0.1) is 0 Å². The molecular formula is C23H24FN5O3. The van der Waals surface area contributed by atoms with E-state index < -0.39 is 17.9 Å². The van der Waals surface area contributed by atoms with E-state index >= 15 is 0 Å². The quantitative estimate of drug-likeness (QED) is 0.469. The van der Waals surface area contributed by atoms with Crippen LogP contribution in [0.5, 0.6) is 11.5 Å². The minimum absolute atomic E-state index is 0.00286. The molecule has 0 bridgehead atoms. The summed E-state index contributed by atoms with van der Waals surface area (Å²) in [4.78, 5) is 32.2. The molecule has 166 valence electrons. The molecule has 0 aliphatic rings. The zero-order valence-electron chi connectivity index (χ0n) is 17.7. The number of rotatable bonds is 9. The number of benzene rings is 2. The minimum atomic E-state index is -0.729. The number of ether oxygens (including phenoxy) is 1. The van der Waals surface area contributed by atoms with Crippen molar-refractivity contribution >= 4 is 17.6 Å². The van der Waals surface area contributed by atoms with Crippen molar-refractivity contribution in [2.24, 2.45) is 17.4 Å². The van der Waals surface area contributed by atoms with Crippen molar-refractivity contribution in [2.45, 2.75) is 26.3 Å². The first-order valence-electron chi connectivity index (χ1n) is 10.00. The van der Waals surface area contributed by atoms with E-state index in [0.29, 0.717) is 23.5 Å². The maximum absolute atomic E-state index is 13.0. The fourth-order valence-corrected chi connectivity index (χ4v) is 2.98. The topological polar surface area (TPSA) is 133 Å². The van der Waals surface area contributed by atoms with Gasteiger partial charge >= 0.3 is 0 Å². The standard InChI is InChI=1S/C23H24FN5O3/c1-13(2)11-18(21(25)30)27-20-12-19(22(26)31)28-23(29-20)14-3-7-16(8-4-14)32-17-9-5-15(24)6-10-17/h3-10,12-13,18H,11H2,1-2H3,(H2,25,30)(H2,26,31)(H,27,28,29). The molecule has 1 unspecified atom stereocenters. The molecule has 2 amide bonds. The van der Waals surface area contributed by atoms with Gasteiger partial charge in [0.2, 0.25) is 5.91 Å². The van der Waals surface area contributed by atoms with Gasteiger partial charge in [-0.25, -0.2) is 14.4 Å². The largest absolute Gasteiger partial charge is 0.457 e. The third-order valence-corrected chi connectivity index (χ3v) is 4.51. The summed E-state index contributed by atoms with van der Waals surface area (Å²) in [6.45, 7) is 3.93. The molecule has 32 heavy (non-hydrogen) atoms. The molecule has 0 aliphatic heterocycles. The van der Waals surface area contributed by atoms with E-state index in [2.05, 4.69) is 15.3 Å². The van der Waals surface area contributed by atoms with E-state index in [1.807, 2.05) is 13.8 Å². The van der Waals surface area contributed by atoms with Crippen LogP contribution in [-0.2, 0) is 4.79 Å². The lowest BCUT2D eigenvalue weighted by Crippen LogP contribution is -2.37. The van der Waals surface area contributed by atoms with Gasteiger partial charge in [0.1, 0.15) is 34.9 Å². The van der Waals surface area contributed by atoms with Gasteiger partial charge in [-0.1, -0.05) is 13.8 Å². The van der Waals surface area contributed by atoms with Gasteiger partial charge in [-0.3, -0.25) is 9.59 Å². The van der Waals surface area contributed by atoms with E-state index in [1.54, 1.807) is 24.3 Å². The lowest BCUT2D eigenvalue weighted by atomic mass is 10.0. The predicted octanol–water partition coefficient (Wildman–Crippen LogP) is 3.49. The summed E-state index contributed by atoms with van der Waals surface area (Å²) in [6.07, 6.45) is 0.496. The highest BCUT2D eigenvalue weighted by atomic mass is 19.1. The Morgan fingerprint density at radius 1 is 1.00 bits per heavy atom. The zero-order valence-corrected chi connectivity index (χ0v) is 17.7. The number of aromatic nitrogens is 2. The summed E-state index contributed by atoms with van der Waals surface area (Å²) < 4.78 is 18.7. The Kier molecular flexibility index (Phi) is 6.99. The third-order valence-electron chi connectivity index (χ3n) is 4.51. The lowest BCUT2D eigenvalue weighted by molar-refractivity contribution is -0.119. The highest BCUT2D eigenvalue weighted by Crippen LogP contribution is 2.25. The minimum Gasteiger partial charge on any atom is -0.457 e. The van der Waals surface area contributed by atoms with E-state index in [1.165, 1.54) is 30.3 Å². The van der Waals surface area contributed by atoms with Gasteiger partial charge in [0, 0.05) is 11.6 Å². The molecular weight excluding hydrogens is 413 g/mol. The Balaban J connectivity index is 1.86. The monoisotopic (exact) mass is 437 g/mol. The van der Waals surface area contributed by atoms with Gasteiger partial charge in [-0.15, -0.1) is 0 Å². The SMILES string of the molecule is CC(C)CC(Nc1cc(C(N)=O)nc(-c2ccc(Oc3ccc(F)cc3)cc2)n1)C(N)=O.